The molecule has 0 saturated carbocycles. The molecule has 0 unspecified atom stereocenters. The summed E-state index contributed by atoms with van der Waals surface area (Å²) < 4.78 is 15.4. The molecular formula is C12H9N3O4. The van der Waals surface area contributed by atoms with E-state index in [-0.39, 0.29) is 18.4 Å². The minimum atomic E-state index is -0.484. The van der Waals surface area contributed by atoms with Gasteiger partial charge in [0.2, 0.25) is 0 Å². The van der Waals surface area contributed by atoms with Gasteiger partial charge in [0.15, 0.2) is 12.4 Å². The van der Waals surface area contributed by atoms with Gasteiger partial charge in [0.25, 0.3) is 11.8 Å². The highest BCUT2D eigenvalue weighted by Crippen LogP contribution is 2.18. The maximum atomic E-state index is 11.6. The molecule has 19 heavy (non-hydrogen) atoms. The van der Waals surface area contributed by atoms with Crippen LogP contribution in [0.1, 0.15) is 16.4 Å². The zero-order valence-electron chi connectivity index (χ0n) is 9.70. The smallest absolute Gasteiger partial charge is 0.355 e. The summed E-state index contributed by atoms with van der Waals surface area (Å²) in [7, 11) is 0. The lowest BCUT2D eigenvalue weighted by Crippen LogP contribution is -2.05. The van der Waals surface area contributed by atoms with Crippen molar-refractivity contribution in [3.63, 3.8) is 0 Å². The lowest BCUT2D eigenvalue weighted by atomic mass is 10.4. The molecule has 0 radical (unpaired) electrons. The van der Waals surface area contributed by atoms with Gasteiger partial charge in [0.05, 0.1) is 6.26 Å². The van der Waals surface area contributed by atoms with Crippen molar-refractivity contribution >= 4 is 5.97 Å². The SMILES string of the molecule is O=C(OCc1nnc(-c2ccco2)o1)c1ccc[nH]1. The van der Waals surface area contributed by atoms with Gasteiger partial charge in [0, 0.05) is 6.20 Å². The number of nitrogens with zero attached hydrogens (tertiary/aromatic N) is 2. The highest BCUT2D eigenvalue weighted by molar-refractivity contribution is 5.87. The van der Waals surface area contributed by atoms with E-state index >= 15 is 0 Å². The predicted octanol–water partition coefficient (Wildman–Crippen LogP) is 2.01. The van der Waals surface area contributed by atoms with Gasteiger partial charge < -0.3 is 18.6 Å². The number of hydrogen-bond donors (Lipinski definition) is 1. The molecule has 0 bridgehead atoms. The van der Waals surface area contributed by atoms with E-state index in [1.165, 1.54) is 6.26 Å². The molecule has 3 aromatic rings. The van der Waals surface area contributed by atoms with Gasteiger partial charge >= 0.3 is 5.97 Å². The fraction of sp³-hybridized carbons (Fsp3) is 0.0833. The van der Waals surface area contributed by atoms with Gasteiger partial charge in [-0.2, -0.15) is 0 Å². The van der Waals surface area contributed by atoms with Crippen molar-refractivity contribution < 1.29 is 18.4 Å². The third-order valence-corrected chi connectivity index (χ3v) is 2.34. The number of carbonyl (C=O) groups is 1. The maximum Gasteiger partial charge on any atom is 0.355 e. The first-order valence-corrected chi connectivity index (χ1v) is 5.50. The quantitative estimate of drug-likeness (QED) is 0.720. The highest BCUT2D eigenvalue weighted by atomic mass is 16.5. The normalized spacial score (nSPS) is 10.5. The molecule has 7 nitrogen and oxygen atoms in total. The molecule has 0 aromatic carbocycles. The van der Waals surface area contributed by atoms with Gasteiger partial charge in [-0.15, -0.1) is 10.2 Å². The van der Waals surface area contributed by atoms with Crippen molar-refractivity contribution in [2.45, 2.75) is 6.61 Å². The van der Waals surface area contributed by atoms with Crippen molar-refractivity contribution in [3.05, 3.63) is 48.3 Å². The first-order chi connectivity index (χ1) is 9.33. The second-order valence-corrected chi connectivity index (χ2v) is 3.64. The van der Waals surface area contributed by atoms with E-state index in [0.717, 1.165) is 0 Å². The summed E-state index contributed by atoms with van der Waals surface area (Å²) in [5, 5.41) is 7.55. The third-order valence-electron chi connectivity index (χ3n) is 2.34. The average molecular weight is 259 g/mol. The number of rotatable bonds is 4. The van der Waals surface area contributed by atoms with Gasteiger partial charge in [-0.25, -0.2) is 4.79 Å². The van der Waals surface area contributed by atoms with Crippen molar-refractivity contribution in [1.82, 2.24) is 15.2 Å². The van der Waals surface area contributed by atoms with E-state index in [1.807, 2.05) is 0 Å². The Balaban J connectivity index is 1.63. The van der Waals surface area contributed by atoms with Crippen LogP contribution in [-0.2, 0) is 11.3 Å². The minimum absolute atomic E-state index is 0.0917. The van der Waals surface area contributed by atoms with Crippen molar-refractivity contribution in [1.29, 1.82) is 0 Å². The fourth-order valence-electron chi connectivity index (χ4n) is 1.47. The van der Waals surface area contributed by atoms with Crippen LogP contribution in [0.5, 0.6) is 0 Å². The minimum Gasteiger partial charge on any atom is -0.459 e. The zero-order valence-corrected chi connectivity index (χ0v) is 9.70. The van der Waals surface area contributed by atoms with Gasteiger partial charge in [-0.1, -0.05) is 0 Å². The molecule has 96 valence electrons. The largest absolute Gasteiger partial charge is 0.459 e. The van der Waals surface area contributed by atoms with E-state index < -0.39 is 5.97 Å². The van der Waals surface area contributed by atoms with Crippen molar-refractivity contribution in [3.8, 4) is 11.7 Å². The van der Waals surface area contributed by atoms with Crippen LogP contribution in [-0.4, -0.2) is 21.2 Å². The molecule has 3 heterocycles. The van der Waals surface area contributed by atoms with E-state index in [0.29, 0.717) is 11.5 Å². The Morgan fingerprint density at radius 3 is 3.00 bits per heavy atom. The first kappa shape index (κ1) is 11.3. The number of aromatic nitrogens is 3. The Labute approximate surface area is 107 Å². The van der Waals surface area contributed by atoms with Crippen molar-refractivity contribution in [2.75, 3.05) is 0 Å². The Hall–Kier alpha value is -2.83. The Bertz CT molecular complexity index is 655. The molecule has 0 aliphatic carbocycles. The second kappa shape index (κ2) is 4.81. The van der Waals surface area contributed by atoms with Crippen LogP contribution in [0.2, 0.25) is 0 Å². The molecular weight excluding hydrogens is 250 g/mol. The van der Waals surface area contributed by atoms with Crippen LogP contribution in [0.3, 0.4) is 0 Å². The molecule has 0 spiro atoms. The van der Waals surface area contributed by atoms with Crippen LogP contribution in [0.4, 0.5) is 0 Å². The Morgan fingerprint density at radius 2 is 2.26 bits per heavy atom. The second-order valence-electron chi connectivity index (χ2n) is 3.64. The number of esters is 1. The standard InChI is InChI=1S/C12H9N3O4/c16-12(8-3-1-5-13-8)18-7-10-14-15-11(19-10)9-4-2-6-17-9/h1-6,13H,7H2. The Kier molecular flexibility index (Phi) is 2.85. The highest BCUT2D eigenvalue weighted by Gasteiger charge is 2.13. The van der Waals surface area contributed by atoms with E-state index in [9.17, 15) is 4.79 Å². The molecule has 3 rings (SSSR count). The topological polar surface area (TPSA) is 94.2 Å². The zero-order chi connectivity index (χ0) is 13.1. The van der Waals surface area contributed by atoms with Crippen LogP contribution < -0.4 is 0 Å². The van der Waals surface area contributed by atoms with Crippen LogP contribution in [0, 0.1) is 0 Å². The van der Waals surface area contributed by atoms with Gasteiger partial charge in [0.1, 0.15) is 5.69 Å². The summed E-state index contributed by atoms with van der Waals surface area (Å²) in [4.78, 5) is 14.3. The molecule has 0 atom stereocenters. The number of aromatic amines is 1. The number of furan rings is 1. The number of hydrogen-bond acceptors (Lipinski definition) is 6. The lowest BCUT2D eigenvalue weighted by Gasteiger charge is -1.98. The fourth-order valence-corrected chi connectivity index (χ4v) is 1.47. The molecule has 0 aliphatic heterocycles. The molecule has 0 fully saturated rings. The van der Waals surface area contributed by atoms with E-state index in [2.05, 4.69) is 15.2 Å². The number of H-pyrrole nitrogens is 1. The molecule has 1 N–H and O–H groups in total. The van der Waals surface area contributed by atoms with Crippen LogP contribution in [0.15, 0.2) is 45.6 Å². The van der Waals surface area contributed by atoms with Gasteiger partial charge in [-0.3, -0.25) is 0 Å². The van der Waals surface area contributed by atoms with E-state index in [4.69, 9.17) is 13.6 Å². The summed E-state index contributed by atoms with van der Waals surface area (Å²) in [6, 6.07) is 6.73. The number of nitrogens with one attached hydrogen (secondary N) is 1. The molecule has 3 aromatic heterocycles. The maximum absolute atomic E-state index is 11.6. The summed E-state index contributed by atoms with van der Waals surface area (Å²) >= 11 is 0. The van der Waals surface area contributed by atoms with Crippen molar-refractivity contribution in [2.24, 2.45) is 0 Å². The summed E-state index contributed by atoms with van der Waals surface area (Å²) in [5.74, 6) is 0.430. The molecule has 0 amide bonds. The van der Waals surface area contributed by atoms with Crippen LogP contribution in [0.25, 0.3) is 11.7 Å². The summed E-state index contributed by atoms with van der Waals surface area (Å²) in [5.41, 5.74) is 0.366. The molecule has 0 saturated heterocycles. The van der Waals surface area contributed by atoms with E-state index in [1.54, 1.807) is 30.5 Å². The third kappa shape index (κ3) is 2.39. The molecule has 7 heteroatoms. The molecule has 0 aliphatic rings. The van der Waals surface area contributed by atoms with Gasteiger partial charge in [-0.05, 0) is 24.3 Å². The monoisotopic (exact) mass is 259 g/mol. The lowest BCUT2D eigenvalue weighted by molar-refractivity contribution is 0.0432. The predicted molar refractivity (Wildman–Crippen MR) is 61.9 cm³/mol. The summed E-state index contributed by atoms with van der Waals surface area (Å²) in [6.45, 7) is -0.0917. The van der Waals surface area contributed by atoms with Crippen LogP contribution >= 0.6 is 0 Å². The summed E-state index contributed by atoms with van der Waals surface area (Å²) in [6.07, 6.45) is 3.14. The number of carbonyl (C=O) groups excluding carboxylic acids is 1. The number of ether oxygens (including phenoxy) is 1. The first-order valence-electron chi connectivity index (χ1n) is 5.50. The average Bonchev–Trinajstić information content (AvgIpc) is 3.14. The Morgan fingerprint density at radius 1 is 1.32 bits per heavy atom.